The van der Waals surface area contributed by atoms with Crippen LogP contribution in [0.2, 0.25) is 0 Å². The van der Waals surface area contributed by atoms with Crippen LogP contribution < -0.4 is 21.6 Å². The Kier molecular flexibility index (Phi) is 11.8. The smallest absolute Gasteiger partial charge is 0.351 e. The second-order valence-electron chi connectivity index (χ2n) is 9.86. The molecule has 1 aromatic heterocycles. The molecule has 1 aliphatic heterocycles. The molecule has 2 unspecified atom stereocenters. The van der Waals surface area contributed by atoms with Crippen molar-refractivity contribution in [2.24, 2.45) is 0 Å². The third kappa shape index (κ3) is 8.44. The van der Waals surface area contributed by atoms with Crippen LogP contribution in [0.25, 0.3) is 0 Å². The maximum Gasteiger partial charge on any atom is 0.351 e. The molecule has 0 saturated carbocycles. The minimum absolute atomic E-state index is 0.351. The van der Waals surface area contributed by atoms with E-state index in [0.29, 0.717) is 10.8 Å². The van der Waals surface area contributed by atoms with Crippen molar-refractivity contribution in [3.63, 3.8) is 0 Å². The van der Waals surface area contributed by atoms with Gasteiger partial charge in [0, 0.05) is 0 Å². The molecule has 234 valence electrons. The van der Waals surface area contributed by atoms with Crippen LogP contribution in [-0.2, 0) is 40.1 Å². The van der Waals surface area contributed by atoms with E-state index in [0.717, 1.165) is 0 Å². The number of nitrogens with one attached hydrogen (secondary N) is 2. The molecule has 0 amide bonds. The van der Waals surface area contributed by atoms with E-state index in [1.54, 1.807) is 27.7 Å². The number of aliphatic hydroxyl groups excluding tert-OH is 2. The topological polar surface area (TPSA) is 196 Å². The maximum absolute atomic E-state index is 14.5. The second-order valence-corrected chi connectivity index (χ2v) is 13.3. The Hall–Kier alpha value is -2.18. The lowest BCUT2D eigenvalue weighted by Crippen LogP contribution is -2.53. The van der Waals surface area contributed by atoms with Crippen molar-refractivity contribution in [1.29, 1.82) is 0 Å². The van der Waals surface area contributed by atoms with Crippen molar-refractivity contribution in [2.75, 3.05) is 12.3 Å². The molecule has 0 bridgehead atoms. The first kappa shape index (κ1) is 35.0. The number of nitrogen functional groups attached to an aromatic ring is 1. The van der Waals surface area contributed by atoms with Gasteiger partial charge in [-0.2, -0.15) is 4.98 Å². The van der Waals surface area contributed by atoms with Gasteiger partial charge < -0.3 is 34.7 Å². The number of alkyl halides is 2. The van der Waals surface area contributed by atoms with Crippen LogP contribution in [0.4, 0.5) is 19.0 Å². The third-order valence-electron chi connectivity index (χ3n) is 5.64. The number of carbonyl (C=O) groups is 2. The summed E-state index contributed by atoms with van der Waals surface area (Å²) in [4.78, 5) is 40.3. The van der Waals surface area contributed by atoms with Gasteiger partial charge in [-0.15, -0.1) is 0 Å². The highest BCUT2D eigenvalue weighted by atomic mass is 32.4. The Balaban J connectivity index is 2.41. The highest BCUT2D eigenvalue weighted by Crippen LogP contribution is 2.46. The average molecular weight is 634 g/mol. The molecule has 6 N–H and O–H groups in total. The Morgan fingerprint density at radius 1 is 1.15 bits per heavy atom. The van der Waals surface area contributed by atoms with Crippen molar-refractivity contribution < 1.29 is 51.7 Å². The molecular formula is C22H35F3N5O9PS. The fraction of sp³-hybridized carbons (Fsp3) is 0.727. The van der Waals surface area contributed by atoms with Crippen LogP contribution in [0, 0.1) is 5.82 Å². The van der Waals surface area contributed by atoms with Crippen molar-refractivity contribution in [1.82, 2.24) is 19.7 Å². The summed E-state index contributed by atoms with van der Waals surface area (Å²) in [5, 5.41) is 26.5. The van der Waals surface area contributed by atoms with Gasteiger partial charge in [-0.3, -0.25) is 14.2 Å². The van der Waals surface area contributed by atoms with Crippen LogP contribution in [0.5, 0.6) is 0 Å². The van der Waals surface area contributed by atoms with E-state index in [1.807, 2.05) is 0 Å². The molecular weight excluding hydrogens is 598 g/mol. The van der Waals surface area contributed by atoms with E-state index in [-0.39, 0.29) is 0 Å². The van der Waals surface area contributed by atoms with Gasteiger partial charge in [-0.25, -0.2) is 28.1 Å². The number of halogens is 3. The van der Waals surface area contributed by atoms with Gasteiger partial charge >= 0.3 is 17.6 Å². The van der Waals surface area contributed by atoms with Crippen molar-refractivity contribution in [3.8, 4) is 0 Å². The largest absolute Gasteiger partial charge is 0.462 e. The fourth-order valence-electron chi connectivity index (χ4n) is 3.62. The summed E-state index contributed by atoms with van der Waals surface area (Å²) in [6.07, 6.45) is -10.7. The van der Waals surface area contributed by atoms with Gasteiger partial charge in [-0.1, -0.05) is 0 Å². The van der Waals surface area contributed by atoms with E-state index in [2.05, 4.69) is 15.2 Å². The molecule has 0 aliphatic carbocycles. The molecule has 1 aromatic rings. The molecule has 19 heteroatoms. The standard InChI is InChI=1S/C22H35F3N5O9PS/c1-9(2)37-18(33)11(5)28-40(41,29-12(6)19(34)38-10(3)4)36-8-22(20(24)25)15(32)14(31)17(39-22)30-7-13(23)16(26)27-21(30)35/h7,9-12,14-15,17,20,31-32H,8H2,1-6H3,(H2,26,27,35)(H2,28,29,41)/t11?,12?,14-,15+,17-,22-,40?/m1/s1. The summed E-state index contributed by atoms with van der Waals surface area (Å²) in [5.74, 6) is -3.54. The highest BCUT2D eigenvalue weighted by Gasteiger charge is 2.61. The lowest BCUT2D eigenvalue weighted by Gasteiger charge is -2.35. The number of nitrogens with zero attached hydrogens (tertiary/aromatic N) is 2. The van der Waals surface area contributed by atoms with Gasteiger partial charge in [0.25, 0.3) is 6.43 Å². The van der Waals surface area contributed by atoms with Gasteiger partial charge in [0.15, 0.2) is 30.0 Å². The second kappa shape index (κ2) is 13.9. The summed E-state index contributed by atoms with van der Waals surface area (Å²) in [7, 11) is 0. The Morgan fingerprint density at radius 2 is 1.63 bits per heavy atom. The zero-order chi connectivity index (χ0) is 31.4. The Bertz CT molecular complexity index is 1180. The highest BCUT2D eigenvalue weighted by molar-refractivity contribution is 8.10. The molecule has 1 saturated heterocycles. The van der Waals surface area contributed by atoms with Crippen molar-refractivity contribution in [3.05, 3.63) is 22.5 Å². The third-order valence-corrected chi connectivity index (χ3v) is 8.54. The van der Waals surface area contributed by atoms with Crippen molar-refractivity contribution >= 4 is 36.1 Å². The number of aliphatic hydroxyl groups is 2. The van der Waals surface area contributed by atoms with E-state index >= 15 is 0 Å². The summed E-state index contributed by atoms with van der Waals surface area (Å²) in [5.41, 5.74) is 0.972. The zero-order valence-electron chi connectivity index (χ0n) is 23.1. The van der Waals surface area contributed by atoms with Gasteiger partial charge in [0.05, 0.1) is 25.0 Å². The van der Waals surface area contributed by atoms with Crippen LogP contribution in [0.3, 0.4) is 0 Å². The number of aromatic nitrogens is 2. The van der Waals surface area contributed by atoms with E-state index in [1.165, 1.54) is 13.8 Å². The number of hydrogen-bond donors (Lipinski definition) is 5. The molecule has 0 aromatic carbocycles. The van der Waals surface area contributed by atoms with Crippen LogP contribution in [-0.4, -0.2) is 86.8 Å². The average Bonchev–Trinajstić information content (AvgIpc) is 3.10. The molecule has 41 heavy (non-hydrogen) atoms. The molecule has 1 aliphatic rings. The van der Waals surface area contributed by atoms with Crippen LogP contribution in [0.1, 0.15) is 47.8 Å². The number of ether oxygens (including phenoxy) is 3. The summed E-state index contributed by atoms with van der Waals surface area (Å²) in [6.45, 7) is 4.01. The first-order chi connectivity index (χ1) is 18.8. The zero-order valence-corrected chi connectivity index (χ0v) is 24.8. The lowest BCUT2D eigenvalue weighted by atomic mass is 9.96. The van der Waals surface area contributed by atoms with Crippen LogP contribution in [0.15, 0.2) is 11.0 Å². The number of hydrogen-bond acceptors (Lipinski definition) is 12. The molecule has 2 heterocycles. The number of anilines is 1. The molecule has 14 nitrogen and oxygen atoms in total. The fourth-order valence-corrected chi connectivity index (χ4v) is 6.57. The molecule has 2 rings (SSSR count). The predicted octanol–water partition coefficient (Wildman–Crippen LogP) is 0.320. The first-order valence-electron chi connectivity index (χ1n) is 12.4. The summed E-state index contributed by atoms with van der Waals surface area (Å²) < 4.78 is 64.5. The van der Waals surface area contributed by atoms with Gasteiger partial charge in [0.2, 0.25) is 0 Å². The van der Waals surface area contributed by atoms with E-state index in [9.17, 15) is 37.8 Å². The Labute approximate surface area is 238 Å². The lowest BCUT2D eigenvalue weighted by molar-refractivity contribution is -0.191. The minimum Gasteiger partial charge on any atom is -0.462 e. The molecule has 1 fully saturated rings. The number of nitrogens with two attached hydrogens (primary N) is 1. The van der Waals surface area contributed by atoms with Gasteiger partial charge in [-0.05, 0) is 53.3 Å². The SMILES string of the molecule is CC(C)OC(=O)C(C)NP(=S)(NC(C)C(=O)OC(C)C)OC[C@@]1(C(F)F)O[C@@H](n2cc(F)c(N)nc2=O)[C@H](O)[C@@H]1O. The van der Waals surface area contributed by atoms with E-state index in [4.69, 9.17) is 36.3 Å². The minimum atomic E-state index is -3.85. The Morgan fingerprint density at radius 3 is 2.07 bits per heavy atom. The number of esters is 2. The monoisotopic (exact) mass is 633 g/mol. The number of carbonyl (C=O) groups excluding carboxylic acids is 2. The molecule has 6 atom stereocenters. The predicted molar refractivity (Wildman–Crippen MR) is 142 cm³/mol. The molecule has 0 radical (unpaired) electrons. The summed E-state index contributed by atoms with van der Waals surface area (Å²) >= 11 is 5.51. The number of rotatable bonds is 13. The van der Waals surface area contributed by atoms with Crippen molar-refractivity contribution in [2.45, 2.75) is 96.3 Å². The molecule has 0 spiro atoms. The van der Waals surface area contributed by atoms with Crippen LogP contribution >= 0.6 is 6.57 Å². The summed E-state index contributed by atoms with van der Waals surface area (Å²) in [6, 6.07) is -2.33. The first-order valence-corrected chi connectivity index (χ1v) is 15.1. The quantitative estimate of drug-likeness (QED) is 0.147. The maximum atomic E-state index is 14.5. The van der Waals surface area contributed by atoms with E-state index < -0.39 is 97.2 Å². The van der Waals surface area contributed by atoms with Gasteiger partial charge in [0.1, 0.15) is 24.3 Å². The normalized spacial score (nSPS) is 25.8.